The molecule has 0 aliphatic carbocycles. The molecule has 2 rings (SSSR count). The largest absolute Gasteiger partial charge is 0.480 e. The third-order valence-corrected chi connectivity index (χ3v) is 3.59. The van der Waals surface area contributed by atoms with Gasteiger partial charge in [0.05, 0.1) is 0 Å². The van der Waals surface area contributed by atoms with Crippen molar-refractivity contribution in [2.45, 2.75) is 32.4 Å². The summed E-state index contributed by atoms with van der Waals surface area (Å²) in [5.74, 6) is -1.33. The molecule has 1 aromatic heterocycles. The summed E-state index contributed by atoms with van der Waals surface area (Å²) in [7, 11) is 0. The Hall–Kier alpha value is -2.30. The molecule has 0 bridgehead atoms. The number of carbonyl (C=O) groups excluding carboxylic acids is 1. The second kappa shape index (κ2) is 5.36. The lowest BCUT2D eigenvalue weighted by atomic mass is 9.99. The van der Waals surface area contributed by atoms with E-state index in [2.05, 4.69) is 5.32 Å². The number of carboxylic acids is 1. The van der Waals surface area contributed by atoms with Crippen molar-refractivity contribution >= 4 is 22.8 Å². The fourth-order valence-electron chi connectivity index (χ4n) is 2.07. The first-order chi connectivity index (χ1) is 9.46. The zero-order valence-electron chi connectivity index (χ0n) is 11.6. The van der Waals surface area contributed by atoms with Crippen molar-refractivity contribution in [3.05, 3.63) is 36.5 Å². The first-order valence-corrected chi connectivity index (χ1v) is 6.54. The highest BCUT2D eigenvalue weighted by Gasteiger charge is 2.32. The molecule has 1 aromatic carbocycles. The molecule has 1 unspecified atom stereocenters. The zero-order valence-corrected chi connectivity index (χ0v) is 11.6. The van der Waals surface area contributed by atoms with E-state index in [-0.39, 0.29) is 12.5 Å². The number of nitrogens with zero attached hydrogens (tertiary/aromatic N) is 1. The predicted molar refractivity (Wildman–Crippen MR) is 76.4 cm³/mol. The minimum absolute atomic E-state index is 0.108. The maximum absolute atomic E-state index is 12.0. The molecule has 5 nitrogen and oxygen atoms in total. The number of benzene rings is 1. The van der Waals surface area contributed by atoms with E-state index in [1.54, 1.807) is 6.92 Å². The van der Waals surface area contributed by atoms with Gasteiger partial charge in [0.15, 0.2) is 0 Å². The maximum atomic E-state index is 12.0. The summed E-state index contributed by atoms with van der Waals surface area (Å²) in [6, 6.07) is 9.67. The number of fused-ring (bicyclic) bond motifs is 1. The van der Waals surface area contributed by atoms with E-state index in [4.69, 9.17) is 5.11 Å². The second-order valence-electron chi connectivity index (χ2n) is 5.04. The first-order valence-electron chi connectivity index (χ1n) is 6.54. The number of rotatable bonds is 5. The van der Waals surface area contributed by atoms with E-state index in [1.807, 2.05) is 41.1 Å². The van der Waals surface area contributed by atoms with Gasteiger partial charge in [0, 0.05) is 11.7 Å². The van der Waals surface area contributed by atoms with Crippen LogP contribution in [0.2, 0.25) is 0 Å². The van der Waals surface area contributed by atoms with Gasteiger partial charge in [0.1, 0.15) is 12.1 Å². The Morgan fingerprint density at radius 3 is 2.65 bits per heavy atom. The monoisotopic (exact) mass is 274 g/mol. The predicted octanol–water partition coefficient (Wildman–Crippen LogP) is 2.01. The van der Waals surface area contributed by atoms with Gasteiger partial charge >= 0.3 is 5.97 Å². The highest BCUT2D eigenvalue weighted by molar-refractivity contribution is 5.88. The van der Waals surface area contributed by atoms with Crippen LogP contribution in [0.1, 0.15) is 20.3 Å². The first kappa shape index (κ1) is 14.1. The fourth-order valence-corrected chi connectivity index (χ4v) is 2.07. The van der Waals surface area contributed by atoms with Crippen molar-refractivity contribution < 1.29 is 14.7 Å². The summed E-state index contributed by atoms with van der Waals surface area (Å²) in [6.45, 7) is 3.36. The molecule has 0 radical (unpaired) electrons. The van der Waals surface area contributed by atoms with Crippen LogP contribution in [0.25, 0.3) is 10.9 Å². The molecule has 0 saturated heterocycles. The fraction of sp³-hybridized carbons (Fsp3) is 0.333. The third kappa shape index (κ3) is 2.66. The van der Waals surface area contributed by atoms with Crippen molar-refractivity contribution in [2.24, 2.45) is 0 Å². The van der Waals surface area contributed by atoms with Crippen molar-refractivity contribution in [3.8, 4) is 0 Å². The summed E-state index contributed by atoms with van der Waals surface area (Å²) in [4.78, 5) is 23.2. The van der Waals surface area contributed by atoms with E-state index in [0.29, 0.717) is 6.42 Å². The van der Waals surface area contributed by atoms with Crippen LogP contribution in [0.3, 0.4) is 0 Å². The lowest BCUT2D eigenvalue weighted by Gasteiger charge is -2.24. The molecule has 20 heavy (non-hydrogen) atoms. The van der Waals surface area contributed by atoms with Gasteiger partial charge in [-0.1, -0.05) is 25.1 Å². The molecule has 5 heteroatoms. The molecule has 0 fully saturated rings. The average Bonchev–Trinajstić information content (AvgIpc) is 2.82. The normalized spacial score (nSPS) is 13.9. The number of carbonyl (C=O) groups is 2. The van der Waals surface area contributed by atoms with Gasteiger partial charge in [0.2, 0.25) is 5.91 Å². The SMILES string of the molecule is CCC(C)(NC(=O)Cn1ccc2ccccc21)C(=O)O. The van der Waals surface area contributed by atoms with Crippen LogP contribution in [-0.4, -0.2) is 27.1 Å². The van der Waals surface area contributed by atoms with Gasteiger partial charge in [-0.15, -0.1) is 0 Å². The van der Waals surface area contributed by atoms with E-state index in [9.17, 15) is 9.59 Å². The molecule has 0 aliphatic rings. The van der Waals surface area contributed by atoms with E-state index >= 15 is 0 Å². The maximum Gasteiger partial charge on any atom is 0.329 e. The number of aromatic nitrogens is 1. The van der Waals surface area contributed by atoms with Crippen LogP contribution in [0.4, 0.5) is 0 Å². The number of carboxylic acid groups (broad SMARTS) is 1. The van der Waals surface area contributed by atoms with Crippen LogP contribution in [0.15, 0.2) is 36.5 Å². The standard InChI is InChI=1S/C15H18N2O3/c1-3-15(2,14(19)20)16-13(18)10-17-9-8-11-6-4-5-7-12(11)17/h4-9H,3,10H2,1-2H3,(H,16,18)(H,19,20). The molecule has 0 aliphatic heterocycles. The highest BCUT2D eigenvalue weighted by atomic mass is 16.4. The number of hydrogen-bond acceptors (Lipinski definition) is 2. The van der Waals surface area contributed by atoms with Gasteiger partial charge in [-0.3, -0.25) is 4.79 Å². The molecular weight excluding hydrogens is 256 g/mol. The van der Waals surface area contributed by atoms with Crippen molar-refractivity contribution in [2.75, 3.05) is 0 Å². The minimum Gasteiger partial charge on any atom is -0.480 e. The molecule has 0 saturated carbocycles. The Morgan fingerprint density at radius 1 is 1.30 bits per heavy atom. The number of amides is 1. The second-order valence-corrected chi connectivity index (χ2v) is 5.04. The molecule has 106 valence electrons. The number of para-hydroxylation sites is 1. The van der Waals surface area contributed by atoms with Gasteiger partial charge in [-0.2, -0.15) is 0 Å². The topological polar surface area (TPSA) is 71.3 Å². The number of aliphatic carboxylic acids is 1. The van der Waals surface area contributed by atoms with Crippen molar-refractivity contribution in [1.82, 2.24) is 9.88 Å². The van der Waals surface area contributed by atoms with Gasteiger partial charge in [-0.25, -0.2) is 4.79 Å². The van der Waals surface area contributed by atoms with Crippen LogP contribution in [-0.2, 0) is 16.1 Å². The lowest BCUT2D eigenvalue weighted by molar-refractivity contribution is -0.147. The van der Waals surface area contributed by atoms with E-state index < -0.39 is 11.5 Å². The van der Waals surface area contributed by atoms with Crippen LogP contribution >= 0.6 is 0 Å². The van der Waals surface area contributed by atoms with Crippen molar-refractivity contribution in [1.29, 1.82) is 0 Å². The third-order valence-electron chi connectivity index (χ3n) is 3.59. The molecule has 1 atom stereocenters. The summed E-state index contributed by atoms with van der Waals surface area (Å²) >= 11 is 0. The number of hydrogen-bond donors (Lipinski definition) is 2. The molecule has 1 amide bonds. The van der Waals surface area contributed by atoms with Gasteiger partial charge in [0.25, 0.3) is 0 Å². The van der Waals surface area contributed by atoms with Crippen LogP contribution in [0, 0.1) is 0 Å². The molecule has 0 spiro atoms. The van der Waals surface area contributed by atoms with Gasteiger partial charge in [-0.05, 0) is 30.9 Å². The Bertz CT molecular complexity index is 647. The van der Waals surface area contributed by atoms with Crippen LogP contribution in [0.5, 0.6) is 0 Å². The van der Waals surface area contributed by atoms with Gasteiger partial charge < -0.3 is 15.0 Å². The van der Waals surface area contributed by atoms with Crippen LogP contribution < -0.4 is 5.32 Å². The number of nitrogens with one attached hydrogen (secondary N) is 1. The Balaban J connectivity index is 2.14. The quantitative estimate of drug-likeness (QED) is 0.876. The Kier molecular flexibility index (Phi) is 3.79. The Morgan fingerprint density at radius 2 is 2.00 bits per heavy atom. The summed E-state index contributed by atoms with van der Waals surface area (Å²) in [5, 5.41) is 12.8. The van der Waals surface area contributed by atoms with Crippen molar-refractivity contribution in [3.63, 3.8) is 0 Å². The molecule has 2 aromatic rings. The molecule has 2 N–H and O–H groups in total. The average molecular weight is 274 g/mol. The highest BCUT2D eigenvalue weighted by Crippen LogP contribution is 2.15. The minimum atomic E-state index is -1.22. The zero-order chi connectivity index (χ0) is 14.8. The van der Waals surface area contributed by atoms with E-state index in [1.165, 1.54) is 6.92 Å². The van der Waals surface area contributed by atoms with E-state index in [0.717, 1.165) is 10.9 Å². The summed E-state index contributed by atoms with van der Waals surface area (Å²) < 4.78 is 1.81. The smallest absolute Gasteiger partial charge is 0.329 e. The molecular formula is C15H18N2O3. The summed E-state index contributed by atoms with van der Waals surface area (Å²) in [5.41, 5.74) is -0.267. The summed E-state index contributed by atoms with van der Waals surface area (Å²) in [6.07, 6.45) is 2.16. The lowest BCUT2D eigenvalue weighted by Crippen LogP contribution is -2.52. The molecule has 1 heterocycles. The Labute approximate surface area is 117 Å².